The summed E-state index contributed by atoms with van der Waals surface area (Å²) in [5.74, 6) is -2.11. The first-order valence-electron chi connectivity index (χ1n) is 8.07. The molecule has 2 aromatic rings. The van der Waals surface area contributed by atoms with E-state index in [1.165, 1.54) is 18.2 Å². The molecule has 0 saturated heterocycles. The van der Waals surface area contributed by atoms with E-state index in [9.17, 15) is 18.8 Å². The van der Waals surface area contributed by atoms with Crippen LogP contribution in [0, 0.1) is 5.82 Å². The van der Waals surface area contributed by atoms with E-state index in [0.717, 1.165) is 0 Å². The Morgan fingerprint density at radius 2 is 1.69 bits per heavy atom. The highest BCUT2D eigenvalue weighted by molar-refractivity contribution is 5.97. The molecule has 0 fully saturated rings. The molecule has 26 heavy (non-hydrogen) atoms. The highest BCUT2D eigenvalue weighted by Gasteiger charge is 2.26. The van der Waals surface area contributed by atoms with Crippen molar-refractivity contribution in [2.75, 3.05) is 6.54 Å². The van der Waals surface area contributed by atoms with Crippen LogP contribution in [0.2, 0.25) is 0 Å². The molecule has 6 nitrogen and oxygen atoms in total. The molecule has 0 saturated carbocycles. The predicted octanol–water partition coefficient (Wildman–Crippen LogP) is 2.50. The lowest BCUT2D eigenvalue weighted by Gasteiger charge is -2.18. The molecule has 0 aliphatic rings. The van der Waals surface area contributed by atoms with E-state index in [0.29, 0.717) is 12.1 Å². The van der Waals surface area contributed by atoms with Crippen molar-refractivity contribution in [2.45, 2.75) is 19.4 Å². The molecule has 0 aliphatic heterocycles. The number of rotatable bonds is 6. The molecule has 7 heteroatoms. The highest BCUT2D eigenvalue weighted by atomic mass is 19.1. The molecule has 0 unspecified atom stereocenters. The maximum atomic E-state index is 13.7. The molecule has 2 aromatic carbocycles. The molecule has 1 atom stereocenters. The second-order valence-electron chi connectivity index (χ2n) is 5.40. The molecule has 136 valence electrons. The number of carbonyl (C=O) groups is 3. The van der Waals surface area contributed by atoms with Gasteiger partial charge in [0.15, 0.2) is 0 Å². The van der Waals surface area contributed by atoms with Crippen molar-refractivity contribution in [3.63, 3.8) is 0 Å². The Balaban J connectivity index is 2.13. The van der Waals surface area contributed by atoms with Crippen molar-refractivity contribution in [1.82, 2.24) is 10.6 Å². The molecule has 0 aromatic heterocycles. The summed E-state index contributed by atoms with van der Waals surface area (Å²) >= 11 is 0. The Hall–Kier alpha value is -3.22. The van der Waals surface area contributed by atoms with E-state index in [4.69, 9.17) is 4.74 Å². The van der Waals surface area contributed by atoms with Crippen LogP contribution in [0.3, 0.4) is 0 Å². The van der Waals surface area contributed by atoms with E-state index in [1.54, 1.807) is 43.3 Å². The summed E-state index contributed by atoms with van der Waals surface area (Å²) in [5, 5.41) is 4.54. The largest absolute Gasteiger partial charge is 0.447 e. The van der Waals surface area contributed by atoms with Gasteiger partial charge in [0.2, 0.25) is 6.10 Å². The quantitative estimate of drug-likeness (QED) is 0.777. The molecule has 3 amide bonds. The number of amides is 3. The zero-order valence-electron chi connectivity index (χ0n) is 14.2. The molecular weight excluding hydrogens is 339 g/mol. The predicted molar refractivity (Wildman–Crippen MR) is 92.6 cm³/mol. The lowest BCUT2D eigenvalue weighted by Crippen LogP contribution is -2.42. The number of imide groups is 1. The number of urea groups is 1. The van der Waals surface area contributed by atoms with Crippen LogP contribution < -0.4 is 10.6 Å². The molecule has 0 aliphatic carbocycles. The summed E-state index contributed by atoms with van der Waals surface area (Å²) in [6.07, 6.45) is -1.65. The maximum Gasteiger partial charge on any atom is 0.321 e. The third-order valence-corrected chi connectivity index (χ3v) is 3.46. The van der Waals surface area contributed by atoms with Crippen LogP contribution in [0.15, 0.2) is 54.6 Å². The van der Waals surface area contributed by atoms with Crippen molar-refractivity contribution in [1.29, 1.82) is 0 Å². The Bertz CT molecular complexity index is 780. The third-order valence-electron chi connectivity index (χ3n) is 3.46. The van der Waals surface area contributed by atoms with Gasteiger partial charge in [-0.3, -0.25) is 14.9 Å². The van der Waals surface area contributed by atoms with Crippen LogP contribution in [0.25, 0.3) is 0 Å². The van der Waals surface area contributed by atoms with Gasteiger partial charge in [0.1, 0.15) is 5.82 Å². The first-order valence-corrected chi connectivity index (χ1v) is 8.07. The fourth-order valence-electron chi connectivity index (χ4n) is 2.25. The van der Waals surface area contributed by atoms with Crippen molar-refractivity contribution in [3.05, 3.63) is 71.5 Å². The minimum atomic E-state index is -1.32. The van der Waals surface area contributed by atoms with Crippen LogP contribution >= 0.6 is 0 Å². The fraction of sp³-hybridized carbons (Fsp3) is 0.211. The summed E-state index contributed by atoms with van der Waals surface area (Å²) in [6.45, 7) is 2.04. The van der Waals surface area contributed by atoms with Crippen LogP contribution in [0.4, 0.5) is 9.18 Å². The maximum absolute atomic E-state index is 13.7. The first-order chi connectivity index (χ1) is 12.5. The minimum absolute atomic E-state index is 0.161. The Morgan fingerprint density at radius 3 is 2.35 bits per heavy atom. The van der Waals surface area contributed by atoms with Gasteiger partial charge in [0.25, 0.3) is 5.91 Å². The van der Waals surface area contributed by atoms with E-state index in [-0.39, 0.29) is 12.0 Å². The van der Waals surface area contributed by atoms with Crippen molar-refractivity contribution < 1.29 is 23.5 Å². The molecule has 0 spiro atoms. The molecule has 2 N–H and O–H groups in total. The molecule has 0 radical (unpaired) electrons. The average Bonchev–Trinajstić information content (AvgIpc) is 2.62. The smallest absolute Gasteiger partial charge is 0.321 e. The molecule has 0 heterocycles. The van der Waals surface area contributed by atoms with E-state index < -0.39 is 29.8 Å². The third kappa shape index (κ3) is 5.41. The Kier molecular flexibility index (Phi) is 6.84. The van der Waals surface area contributed by atoms with Crippen molar-refractivity contribution in [2.24, 2.45) is 0 Å². The second kappa shape index (κ2) is 9.31. The van der Waals surface area contributed by atoms with Gasteiger partial charge in [0.05, 0.1) is 6.42 Å². The van der Waals surface area contributed by atoms with E-state index >= 15 is 0 Å². The molecule has 2 rings (SSSR count). The van der Waals surface area contributed by atoms with Gasteiger partial charge in [-0.05, 0) is 18.6 Å². The number of benzene rings is 2. The number of carbonyl (C=O) groups excluding carboxylic acids is 3. The minimum Gasteiger partial charge on any atom is -0.447 e. The van der Waals surface area contributed by atoms with E-state index in [1.807, 2.05) is 0 Å². The number of hydrogen-bond donors (Lipinski definition) is 2. The normalized spacial score (nSPS) is 11.3. The van der Waals surface area contributed by atoms with Crippen molar-refractivity contribution in [3.8, 4) is 0 Å². The summed E-state index contributed by atoms with van der Waals surface area (Å²) in [6, 6.07) is 13.4. The van der Waals surface area contributed by atoms with Crippen LogP contribution in [-0.2, 0) is 20.7 Å². The number of nitrogens with one attached hydrogen (secondary N) is 2. The summed E-state index contributed by atoms with van der Waals surface area (Å²) in [5.41, 5.74) is 0.560. The second-order valence-corrected chi connectivity index (χ2v) is 5.40. The SMILES string of the molecule is CCNC(=O)NC(=O)[C@H](OC(=O)Cc1ccccc1F)c1ccccc1. The average molecular weight is 358 g/mol. The highest BCUT2D eigenvalue weighted by Crippen LogP contribution is 2.19. The van der Waals surface area contributed by atoms with Gasteiger partial charge in [-0.1, -0.05) is 48.5 Å². The zero-order chi connectivity index (χ0) is 18.9. The number of ether oxygens (including phenoxy) is 1. The van der Waals surface area contributed by atoms with Crippen LogP contribution in [0.1, 0.15) is 24.2 Å². The summed E-state index contributed by atoms with van der Waals surface area (Å²) in [7, 11) is 0. The van der Waals surface area contributed by atoms with Crippen LogP contribution in [0.5, 0.6) is 0 Å². The topological polar surface area (TPSA) is 84.5 Å². The molecule has 0 bridgehead atoms. The standard InChI is InChI=1S/C19H19FN2O4/c1-2-21-19(25)22-18(24)17(13-8-4-3-5-9-13)26-16(23)12-14-10-6-7-11-15(14)20/h3-11,17H,2,12H2,1H3,(H2,21,22,24,25)/t17-/m1/s1. The van der Waals surface area contributed by atoms with Gasteiger partial charge in [-0.15, -0.1) is 0 Å². The fourth-order valence-corrected chi connectivity index (χ4v) is 2.25. The van der Waals surface area contributed by atoms with Gasteiger partial charge in [0, 0.05) is 12.1 Å². The lowest BCUT2D eigenvalue weighted by molar-refractivity contribution is -0.155. The first kappa shape index (κ1) is 19.1. The Labute approximate surface area is 150 Å². The van der Waals surface area contributed by atoms with Gasteiger partial charge < -0.3 is 10.1 Å². The number of halogens is 1. The monoisotopic (exact) mass is 358 g/mol. The summed E-state index contributed by atoms with van der Waals surface area (Å²) < 4.78 is 18.9. The van der Waals surface area contributed by atoms with Gasteiger partial charge in [-0.25, -0.2) is 9.18 Å². The molecular formula is C19H19FN2O4. The lowest BCUT2D eigenvalue weighted by atomic mass is 10.1. The van der Waals surface area contributed by atoms with Crippen LogP contribution in [-0.4, -0.2) is 24.5 Å². The Morgan fingerprint density at radius 1 is 1.04 bits per heavy atom. The number of esters is 1. The number of hydrogen-bond acceptors (Lipinski definition) is 4. The van der Waals surface area contributed by atoms with Gasteiger partial charge >= 0.3 is 12.0 Å². The van der Waals surface area contributed by atoms with E-state index in [2.05, 4.69) is 10.6 Å². The zero-order valence-corrected chi connectivity index (χ0v) is 14.2. The van der Waals surface area contributed by atoms with Crippen molar-refractivity contribution >= 4 is 17.9 Å². The summed E-state index contributed by atoms with van der Waals surface area (Å²) in [4.78, 5) is 36.1. The van der Waals surface area contributed by atoms with Gasteiger partial charge in [-0.2, -0.15) is 0 Å².